The molecule has 1 aromatic heterocycles. The molecule has 0 amide bonds. The van der Waals surface area contributed by atoms with Gasteiger partial charge in [0, 0.05) is 11.7 Å². The minimum atomic E-state index is -0.981. The van der Waals surface area contributed by atoms with Gasteiger partial charge in [0.1, 0.15) is 6.04 Å². The maximum absolute atomic E-state index is 10.8. The second kappa shape index (κ2) is 3.98. The second-order valence-corrected chi connectivity index (χ2v) is 3.89. The Morgan fingerprint density at radius 3 is 2.75 bits per heavy atom. The number of hydrogen-bond donors (Lipinski definition) is 2. The number of aromatic nitrogens is 1. The summed E-state index contributed by atoms with van der Waals surface area (Å²) in [5.41, 5.74) is 6.63. The highest BCUT2D eigenvalue weighted by Gasteiger charge is 2.21. The van der Waals surface area contributed by atoms with Gasteiger partial charge in [-0.25, -0.2) is 0 Å². The zero-order valence-electron chi connectivity index (χ0n) is 9.00. The molecule has 4 nitrogen and oxygen atoms in total. The lowest BCUT2D eigenvalue weighted by atomic mass is 10.1. The number of carbonyl (C=O) groups is 1. The fourth-order valence-corrected chi connectivity index (χ4v) is 1.84. The van der Waals surface area contributed by atoms with Gasteiger partial charge in [-0.2, -0.15) is 0 Å². The average Bonchev–Trinajstić information content (AvgIpc) is 2.70. The molecule has 2 rings (SSSR count). The van der Waals surface area contributed by atoms with Crippen LogP contribution in [0.4, 0.5) is 0 Å². The number of aliphatic carboxylic acids is 1. The van der Waals surface area contributed by atoms with Crippen molar-refractivity contribution in [2.75, 3.05) is 0 Å². The van der Waals surface area contributed by atoms with E-state index in [2.05, 4.69) is 0 Å². The Bertz CT molecular complexity index is 518. The van der Waals surface area contributed by atoms with Crippen LogP contribution in [-0.2, 0) is 4.79 Å². The van der Waals surface area contributed by atoms with E-state index < -0.39 is 12.0 Å². The smallest absolute Gasteiger partial charge is 0.322 e. The Hall–Kier alpha value is -1.81. The molecule has 2 atom stereocenters. The van der Waals surface area contributed by atoms with E-state index in [1.54, 1.807) is 0 Å². The first-order chi connectivity index (χ1) is 7.61. The molecule has 0 aliphatic rings. The Balaban J connectivity index is 2.44. The zero-order chi connectivity index (χ0) is 11.7. The first-order valence-corrected chi connectivity index (χ1v) is 5.15. The average molecular weight is 218 g/mol. The van der Waals surface area contributed by atoms with E-state index in [4.69, 9.17) is 10.8 Å². The summed E-state index contributed by atoms with van der Waals surface area (Å²) in [7, 11) is 0. The van der Waals surface area contributed by atoms with Crippen LogP contribution in [0.15, 0.2) is 36.5 Å². The van der Waals surface area contributed by atoms with Gasteiger partial charge in [0.25, 0.3) is 0 Å². The highest BCUT2D eigenvalue weighted by atomic mass is 16.4. The summed E-state index contributed by atoms with van der Waals surface area (Å²) in [6.07, 6.45) is 1.87. The van der Waals surface area contributed by atoms with Crippen LogP contribution in [0.2, 0.25) is 0 Å². The van der Waals surface area contributed by atoms with Gasteiger partial charge in [0.05, 0.1) is 6.04 Å². The van der Waals surface area contributed by atoms with Crippen molar-refractivity contribution in [2.24, 2.45) is 5.73 Å². The van der Waals surface area contributed by atoms with Gasteiger partial charge in [-0.1, -0.05) is 18.2 Å². The minimum absolute atomic E-state index is 0.266. The Labute approximate surface area is 93.3 Å². The number of hydrogen-bond acceptors (Lipinski definition) is 2. The summed E-state index contributed by atoms with van der Waals surface area (Å²) in [6, 6.07) is 8.63. The molecule has 0 spiro atoms. The molecule has 2 aromatic rings. The first-order valence-electron chi connectivity index (χ1n) is 5.15. The minimum Gasteiger partial charge on any atom is -0.480 e. The quantitative estimate of drug-likeness (QED) is 0.822. The van der Waals surface area contributed by atoms with Gasteiger partial charge in [-0.3, -0.25) is 4.79 Å². The third-order valence-electron chi connectivity index (χ3n) is 2.87. The van der Waals surface area contributed by atoms with E-state index >= 15 is 0 Å². The molecule has 84 valence electrons. The van der Waals surface area contributed by atoms with Crippen molar-refractivity contribution in [1.82, 2.24) is 4.57 Å². The van der Waals surface area contributed by atoms with Crippen molar-refractivity contribution in [3.8, 4) is 0 Å². The van der Waals surface area contributed by atoms with Gasteiger partial charge in [-0.15, -0.1) is 0 Å². The Kier molecular flexibility index (Phi) is 2.66. The molecular weight excluding hydrogens is 204 g/mol. The molecule has 0 radical (unpaired) electrons. The summed E-state index contributed by atoms with van der Waals surface area (Å²) >= 11 is 0. The van der Waals surface area contributed by atoms with E-state index in [9.17, 15) is 4.79 Å². The molecule has 16 heavy (non-hydrogen) atoms. The lowest BCUT2D eigenvalue weighted by Crippen LogP contribution is -2.37. The van der Waals surface area contributed by atoms with Crippen molar-refractivity contribution >= 4 is 16.9 Å². The molecule has 4 heteroatoms. The lowest BCUT2D eigenvalue weighted by molar-refractivity contribution is -0.139. The number of rotatable bonds is 3. The van der Waals surface area contributed by atoms with Crippen LogP contribution in [0.3, 0.4) is 0 Å². The number of carboxylic acids is 1. The van der Waals surface area contributed by atoms with Crippen molar-refractivity contribution < 1.29 is 9.90 Å². The third-order valence-corrected chi connectivity index (χ3v) is 2.87. The van der Waals surface area contributed by atoms with Crippen molar-refractivity contribution in [3.63, 3.8) is 0 Å². The van der Waals surface area contributed by atoms with Gasteiger partial charge in [0.2, 0.25) is 0 Å². The Morgan fingerprint density at radius 1 is 1.38 bits per heavy atom. The number of fused-ring (bicyclic) bond motifs is 1. The molecule has 0 aliphatic carbocycles. The summed E-state index contributed by atoms with van der Waals surface area (Å²) in [4.78, 5) is 10.8. The standard InChI is InChI=1S/C12H14N2O2/c1-8(11(13)12(15)16)14-7-6-9-4-2-3-5-10(9)14/h2-8,11H,13H2,1H3,(H,15,16). The monoisotopic (exact) mass is 218 g/mol. The molecular formula is C12H14N2O2. The SMILES string of the molecule is CC(C(N)C(=O)O)n1ccc2ccccc21. The normalized spacial score (nSPS) is 14.9. The topological polar surface area (TPSA) is 68.2 Å². The predicted octanol–water partition coefficient (Wildman–Crippen LogP) is 1.61. The lowest BCUT2D eigenvalue weighted by Gasteiger charge is -2.19. The van der Waals surface area contributed by atoms with E-state index in [-0.39, 0.29) is 6.04 Å². The van der Waals surface area contributed by atoms with Crippen LogP contribution in [0.5, 0.6) is 0 Å². The van der Waals surface area contributed by atoms with Crippen LogP contribution in [0.25, 0.3) is 10.9 Å². The van der Waals surface area contributed by atoms with Crippen LogP contribution in [0.1, 0.15) is 13.0 Å². The maximum Gasteiger partial charge on any atom is 0.322 e. The highest BCUT2D eigenvalue weighted by molar-refractivity contribution is 5.81. The van der Waals surface area contributed by atoms with Gasteiger partial charge in [0.15, 0.2) is 0 Å². The number of nitrogens with two attached hydrogens (primary N) is 1. The number of nitrogens with zero attached hydrogens (tertiary/aromatic N) is 1. The van der Waals surface area contributed by atoms with Gasteiger partial charge >= 0.3 is 5.97 Å². The van der Waals surface area contributed by atoms with Gasteiger partial charge < -0.3 is 15.4 Å². The van der Waals surface area contributed by atoms with E-state index in [1.165, 1.54) is 0 Å². The zero-order valence-corrected chi connectivity index (χ0v) is 9.00. The highest BCUT2D eigenvalue weighted by Crippen LogP contribution is 2.21. The maximum atomic E-state index is 10.8. The number of para-hydroxylation sites is 1. The second-order valence-electron chi connectivity index (χ2n) is 3.89. The van der Waals surface area contributed by atoms with Crippen molar-refractivity contribution in [2.45, 2.75) is 19.0 Å². The van der Waals surface area contributed by atoms with Crippen LogP contribution >= 0.6 is 0 Å². The predicted molar refractivity (Wildman–Crippen MR) is 62.3 cm³/mol. The molecule has 1 aromatic carbocycles. The van der Waals surface area contributed by atoms with Crippen molar-refractivity contribution in [1.29, 1.82) is 0 Å². The summed E-state index contributed by atoms with van der Waals surface area (Å²) in [6.45, 7) is 1.81. The van der Waals surface area contributed by atoms with Crippen LogP contribution in [0, 0.1) is 0 Å². The van der Waals surface area contributed by atoms with Gasteiger partial charge in [-0.05, 0) is 24.4 Å². The number of benzene rings is 1. The molecule has 0 fully saturated rings. The van der Waals surface area contributed by atoms with E-state index in [0.29, 0.717) is 0 Å². The summed E-state index contributed by atoms with van der Waals surface area (Å²) in [5.74, 6) is -0.981. The van der Waals surface area contributed by atoms with Crippen molar-refractivity contribution in [3.05, 3.63) is 36.5 Å². The summed E-state index contributed by atoms with van der Waals surface area (Å²) in [5, 5.41) is 9.97. The molecule has 2 unspecified atom stereocenters. The first kappa shape index (κ1) is 10.7. The molecule has 0 bridgehead atoms. The molecule has 1 heterocycles. The van der Waals surface area contributed by atoms with Crippen LogP contribution in [-0.4, -0.2) is 21.7 Å². The third kappa shape index (κ3) is 1.67. The fourth-order valence-electron chi connectivity index (χ4n) is 1.84. The molecule has 0 aliphatic heterocycles. The molecule has 0 saturated heterocycles. The number of carboxylic acid groups (broad SMARTS) is 1. The van der Waals surface area contributed by atoms with E-state index in [1.807, 2.05) is 48.0 Å². The van der Waals surface area contributed by atoms with E-state index in [0.717, 1.165) is 10.9 Å². The summed E-state index contributed by atoms with van der Waals surface area (Å²) < 4.78 is 1.90. The molecule has 0 saturated carbocycles. The fraction of sp³-hybridized carbons (Fsp3) is 0.250. The Morgan fingerprint density at radius 2 is 2.06 bits per heavy atom. The largest absolute Gasteiger partial charge is 0.480 e. The molecule has 3 N–H and O–H groups in total. The van der Waals surface area contributed by atoms with Crippen LogP contribution < -0.4 is 5.73 Å².